The first-order chi connectivity index (χ1) is 25.6. The minimum absolute atomic E-state index is 0.0144. The molecule has 0 aliphatic carbocycles. The number of ether oxygens (including phenoxy) is 2. The van der Waals surface area contributed by atoms with Crippen molar-refractivity contribution in [2.45, 2.75) is 63.2 Å². The fraction of sp³-hybridized carbons (Fsp3) is 0.317. The Balaban J connectivity index is 1.13. The molecule has 1 fully saturated rings. The number of aromatic amines is 1. The number of nitrogens with one attached hydrogen (secondary N) is 1. The molecule has 4 atom stereocenters. The molecule has 4 aromatic carbocycles. The Morgan fingerprint density at radius 3 is 2.43 bits per heavy atom. The van der Waals surface area contributed by atoms with Crippen LogP contribution in [0.2, 0.25) is 18.6 Å². The highest BCUT2D eigenvalue weighted by Crippen LogP contribution is 2.60. The number of aliphatic hydroxyl groups is 1. The molecular formula is C41H44N6O5Si. The molecule has 2 aromatic heterocycles. The van der Waals surface area contributed by atoms with Crippen molar-refractivity contribution >= 4 is 35.8 Å². The smallest absolute Gasteiger partial charge is 0.279 e. The van der Waals surface area contributed by atoms with Gasteiger partial charge < -0.3 is 19.5 Å². The highest BCUT2D eigenvalue weighted by molar-refractivity contribution is 6.91. The summed E-state index contributed by atoms with van der Waals surface area (Å²) in [7, 11) is -0.636. The summed E-state index contributed by atoms with van der Waals surface area (Å²) in [6.07, 6.45) is 2.74. The third-order valence-electron chi connectivity index (χ3n) is 11.5. The number of amides is 1. The fourth-order valence-corrected chi connectivity index (χ4v) is 12.9. The second-order valence-corrected chi connectivity index (χ2v) is 19.5. The van der Waals surface area contributed by atoms with E-state index in [1.807, 2.05) is 94.6 Å². The molecule has 6 aromatic rings. The predicted molar refractivity (Wildman–Crippen MR) is 207 cm³/mol. The van der Waals surface area contributed by atoms with E-state index in [0.717, 1.165) is 39.5 Å². The number of carbonyl (C=O) groups is 1. The van der Waals surface area contributed by atoms with Crippen LogP contribution in [0.1, 0.15) is 30.2 Å². The van der Waals surface area contributed by atoms with Gasteiger partial charge in [0.25, 0.3) is 11.5 Å². The topological polar surface area (TPSA) is 127 Å². The molecule has 0 radical (unpaired) electrons. The summed E-state index contributed by atoms with van der Waals surface area (Å²) >= 11 is 0. The number of rotatable bonds is 11. The number of aromatic nitrogens is 5. The van der Waals surface area contributed by atoms with E-state index in [9.17, 15) is 9.90 Å². The predicted octanol–water partition coefficient (Wildman–Crippen LogP) is 5.31. The van der Waals surface area contributed by atoms with Gasteiger partial charge in [-0.05, 0) is 60.0 Å². The highest BCUT2D eigenvalue weighted by atomic mass is 28.3. The number of carbonyl (C=O) groups excluding carboxylic acids is 1. The lowest BCUT2D eigenvalue weighted by Gasteiger charge is -2.37. The van der Waals surface area contributed by atoms with Gasteiger partial charge in [-0.15, -0.1) is 5.10 Å². The van der Waals surface area contributed by atoms with Gasteiger partial charge >= 0.3 is 0 Å². The van der Waals surface area contributed by atoms with Gasteiger partial charge in [-0.25, -0.2) is 4.68 Å². The van der Waals surface area contributed by atoms with Crippen LogP contribution in [0.25, 0.3) is 16.6 Å². The first-order valence-electron chi connectivity index (χ1n) is 18.2. The molecule has 12 heteroatoms. The Morgan fingerprint density at radius 2 is 1.70 bits per heavy atom. The molecule has 272 valence electrons. The van der Waals surface area contributed by atoms with Crippen LogP contribution in [-0.2, 0) is 34.6 Å². The number of para-hydroxylation sites is 2. The maximum atomic E-state index is 15.1. The van der Waals surface area contributed by atoms with Crippen LogP contribution < -0.4 is 20.4 Å². The van der Waals surface area contributed by atoms with Crippen LogP contribution >= 0.6 is 0 Å². The van der Waals surface area contributed by atoms with Crippen LogP contribution in [-0.4, -0.2) is 63.7 Å². The number of benzene rings is 4. The maximum Gasteiger partial charge on any atom is 0.279 e. The summed E-state index contributed by atoms with van der Waals surface area (Å²) in [6, 6.07) is 31.6. The summed E-state index contributed by atoms with van der Waals surface area (Å²) in [5, 5.41) is 23.1. The Morgan fingerprint density at radius 1 is 0.962 bits per heavy atom. The Bertz CT molecular complexity index is 2330. The largest absolute Gasteiger partial charge is 0.497 e. The molecule has 1 amide bonds. The van der Waals surface area contributed by atoms with Crippen molar-refractivity contribution in [3.05, 3.63) is 130 Å². The quantitative estimate of drug-likeness (QED) is 0.173. The minimum atomic E-state index is -2.31. The molecule has 0 unspecified atom stereocenters. The number of hydrogen-bond acceptors (Lipinski definition) is 7. The fourth-order valence-electron chi connectivity index (χ4n) is 8.80. The van der Waals surface area contributed by atoms with Crippen molar-refractivity contribution in [3.63, 3.8) is 0 Å². The van der Waals surface area contributed by atoms with Gasteiger partial charge in [0.2, 0.25) is 0 Å². The van der Waals surface area contributed by atoms with Crippen LogP contribution in [0.15, 0.2) is 108 Å². The standard InChI is InChI=1S/C41H44N6O5Si/c1-27-38(53(3,4)32-19-17-31(51-2)18-20-32)37(21-23-45-26-29(22-24-48)42-44-45)52-41(27)34-10-6-8-12-36(34)46(40(41)50)25-28-13-15-30(16-14-28)47-39(49)33-9-5-7-11-35(33)43-47/h5-20,26-27,37-38,43,48H,21-25H2,1-4H3/t27-,37+,38-,41+/m1/s1. The van der Waals surface area contributed by atoms with Crippen molar-refractivity contribution in [3.8, 4) is 11.4 Å². The zero-order valence-electron chi connectivity index (χ0n) is 30.4. The summed E-state index contributed by atoms with van der Waals surface area (Å²) in [6.45, 7) is 7.90. The van der Waals surface area contributed by atoms with Gasteiger partial charge in [0.15, 0.2) is 5.60 Å². The van der Waals surface area contributed by atoms with Crippen molar-refractivity contribution in [1.29, 1.82) is 0 Å². The first kappa shape index (κ1) is 34.8. The van der Waals surface area contributed by atoms with Crippen LogP contribution in [0, 0.1) is 5.92 Å². The Hall–Kier alpha value is -5.30. The Labute approximate surface area is 308 Å². The third-order valence-corrected chi connectivity index (χ3v) is 15.8. The van der Waals surface area contributed by atoms with Gasteiger partial charge in [-0.1, -0.05) is 85.0 Å². The van der Waals surface area contributed by atoms with E-state index >= 15 is 4.79 Å². The van der Waals surface area contributed by atoms with E-state index in [-0.39, 0.29) is 35.6 Å². The SMILES string of the molecule is COc1ccc([Si](C)(C)[C@H]2[C@H](CCn3cc(CCO)nn3)O[C@@]3(C(=O)N(Cc4ccc(-n5[nH]c6ccccc6c5=O)cc4)c4ccccc43)[C@@H]2C)cc1. The molecule has 8 rings (SSSR count). The molecule has 2 N–H and O–H groups in total. The van der Waals surface area contributed by atoms with Crippen LogP contribution in [0.5, 0.6) is 5.75 Å². The number of aryl methyl sites for hydroxylation is 1. The summed E-state index contributed by atoms with van der Waals surface area (Å²) in [4.78, 5) is 30.1. The number of methoxy groups -OCH3 is 1. The van der Waals surface area contributed by atoms with Crippen LogP contribution in [0.3, 0.4) is 0 Å². The van der Waals surface area contributed by atoms with Gasteiger partial charge in [0, 0.05) is 37.3 Å². The monoisotopic (exact) mass is 728 g/mol. The summed E-state index contributed by atoms with van der Waals surface area (Å²) < 4.78 is 16.1. The molecule has 0 saturated carbocycles. The molecule has 0 bridgehead atoms. The van der Waals surface area contributed by atoms with E-state index < -0.39 is 13.7 Å². The molecule has 1 saturated heterocycles. The molecule has 2 aliphatic heterocycles. The van der Waals surface area contributed by atoms with Gasteiger partial charge in [-0.2, -0.15) is 0 Å². The lowest BCUT2D eigenvalue weighted by Crippen LogP contribution is -2.51. The minimum Gasteiger partial charge on any atom is -0.497 e. The zero-order valence-corrected chi connectivity index (χ0v) is 31.4. The molecular weight excluding hydrogens is 685 g/mol. The Kier molecular flexibility index (Phi) is 8.92. The van der Waals surface area contributed by atoms with Crippen molar-refractivity contribution in [2.24, 2.45) is 5.92 Å². The van der Waals surface area contributed by atoms with Gasteiger partial charge in [0.05, 0.1) is 55.8 Å². The molecule has 1 spiro atoms. The summed E-state index contributed by atoms with van der Waals surface area (Å²) in [5.41, 5.74) is 3.75. The van der Waals surface area contributed by atoms with Crippen LogP contribution in [0.4, 0.5) is 5.69 Å². The number of nitrogens with zero attached hydrogens (tertiary/aromatic N) is 5. The number of hydrogen-bond donors (Lipinski definition) is 2. The molecule has 4 heterocycles. The van der Waals surface area contributed by atoms with E-state index in [4.69, 9.17) is 9.47 Å². The number of anilines is 1. The maximum absolute atomic E-state index is 15.1. The van der Waals surface area contributed by atoms with Crippen molar-refractivity contribution < 1.29 is 19.4 Å². The molecule has 2 aliphatic rings. The van der Waals surface area contributed by atoms with E-state index in [1.165, 1.54) is 5.19 Å². The van der Waals surface area contributed by atoms with E-state index in [1.54, 1.807) is 11.8 Å². The van der Waals surface area contributed by atoms with Crippen molar-refractivity contribution in [2.75, 3.05) is 18.6 Å². The lowest BCUT2D eigenvalue weighted by atomic mass is 9.82. The number of aliphatic hydroxyl groups excluding tert-OH is 1. The third kappa shape index (κ3) is 5.81. The first-order valence-corrected chi connectivity index (χ1v) is 21.3. The average Bonchev–Trinajstić information content (AvgIpc) is 3.91. The normalized spacial score (nSPS) is 21.2. The average molecular weight is 729 g/mol. The second-order valence-electron chi connectivity index (χ2n) is 14.8. The van der Waals surface area contributed by atoms with Gasteiger partial charge in [0.1, 0.15) is 5.75 Å². The number of H-pyrrole nitrogens is 1. The zero-order chi connectivity index (χ0) is 36.9. The summed E-state index contributed by atoms with van der Waals surface area (Å²) in [5.74, 6) is 0.621. The molecule has 53 heavy (non-hydrogen) atoms. The number of fused-ring (bicyclic) bond motifs is 3. The van der Waals surface area contributed by atoms with E-state index in [0.29, 0.717) is 31.3 Å². The lowest BCUT2D eigenvalue weighted by molar-refractivity contribution is -0.146. The van der Waals surface area contributed by atoms with E-state index in [2.05, 4.69) is 53.6 Å². The van der Waals surface area contributed by atoms with Gasteiger partial charge in [-0.3, -0.25) is 19.4 Å². The highest BCUT2D eigenvalue weighted by Gasteiger charge is 2.66. The van der Waals surface area contributed by atoms with Crippen molar-refractivity contribution in [1.82, 2.24) is 24.8 Å². The molecule has 11 nitrogen and oxygen atoms in total. The second kappa shape index (κ2) is 13.6.